The maximum absolute atomic E-state index is 13.9. The first-order valence-electron chi connectivity index (χ1n) is 6.22. The molecular weight excluding hydrogens is 336 g/mol. The summed E-state index contributed by atoms with van der Waals surface area (Å²) in [6.07, 6.45) is -1.11. The molecule has 0 amide bonds. The summed E-state index contributed by atoms with van der Waals surface area (Å²) in [6.45, 7) is 0.126. The summed E-state index contributed by atoms with van der Waals surface area (Å²) in [5.74, 6) is -1.08. The summed E-state index contributed by atoms with van der Waals surface area (Å²) < 4.78 is 13.9. The van der Waals surface area contributed by atoms with E-state index >= 15 is 0 Å². The zero-order valence-corrected chi connectivity index (χ0v) is 13.1. The molecule has 2 rings (SSSR count). The standard InChI is InChI=1S/C15H13Cl3FNO/c16-9-2-3-10(14(19)6-9)15(21)11(7-20)8-1-4-12(17)13(18)5-8/h1-6,11,15,21H,7,20H2. The molecule has 0 saturated heterocycles. The van der Waals surface area contributed by atoms with Gasteiger partial charge in [0, 0.05) is 23.0 Å². The van der Waals surface area contributed by atoms with Gasteiger partial charge < -0.3 is 10.8 Å². The lowest BCUT2D eigenvalue weighted by Gasteiger charge is -2.23. The van der Waals surface area contributed by atoms with E-state index in [0.29, 0.717) is 15.6 Å². The van der Waals surface area contributed by atoms with Gasteiger partial charge in [0.25, 0.3) is 0 Å². The van der Waals surface area contributed by atoms with Crippen LogP contribution >= 0.6 is 34.8 Å². The first kappa shape index (κ1) is 16.5. The topological polar surface area (TPSA) is 46.2 Å². The van der Waals surface area contributed by atoms with Crippen molar-refractivity contribution in [3.05, 3.63) is 68.4 Å². The van der Waals surface area contributed by atoms with Crippen LogP contribution in [0.4, 0.5) is 4.39 Å². The number of hydrogen-bond acceptors (Lipinski definition) is 2. The summed E-state index contributed by atoms with van der Waals surface area (Å²) >= 11 is 17.6. The van der Waals surface area contributed by atoms with Gasteiger partial charge in [-0.3, -0.25) is 0 Å². The third-order valence-corrected chi connectivity index (χ3v) is 4.26. The van der Waals surface area contributed by atoms with Gasteiger partial charge in [0.2, 0.25) is 0 Å². The lowest BCUT2D eigenvalue weighted by atomic mass is 9.89. The van der Waals surface area contributed by atoms with Crippen LogP contribution in [-0.2, 0) is 0 Å². The summed E-state index contributed by atoms with van der Waals surface area (Å²) in [5.41, 5.74) is 6.55. The Morgan fingerprint density at radius 2 is 1.76 bits per heavy atom. The second-order valence-corrected chi connectivity index (χ2v) is 5.88. The molecule has 112 valence electrons. The number of nitrogens with two attached hydrogens (primary N) is 1. The Labute approximate surface area is 137 Å². The third-order valence-electron chi connectivity index (χ3n) is 3.29. The number of benzene rings is 2. The van der Waals surface area contributed by atoms with E-state index in [1.807, 2.05) is 0 Å². The maximum Gasteiger partial charge on any atom is 0.130 e. The highest BCUT2D eigenvalue weighted by molar-refractivity contribution is 6.42. The molecule has 0 bridgehead atoms. The molecule has 2 nitrogen and oxygen atoms in total. The fourth-order valence-electron chi connectivity index (χ4n) is 2.15. The van der Waals surface area contributed by atoms with Gasteiger partial charge in [0.1, 0.15) is 5.82 Å². The van der Waals surface area contributed by atoms with Gasteiger partial charge in [-0.15, -0.1) is 0 Å². The second kappa shape index (κ2) is 6.95. The molecule has 0 aliphatic carbocycles. The first-order chi connectivity index (χ1) is 9.93. The van der Waals surface area contributed by atoms with Gasteiger partial charge in [-0.05, 0) is 29.8 Å². The van der Waals surface area contributed by atoms with Gasteiger partial charge in [-0.25, -0.2) is 4.39 Å². The highest BCUT2D eigenvalue weighted by Gasteiger charge is 2.24. The predicted molar refractivity (Wildman–Crippen MR) is 84.6 cm³/mol. The third kappa shape index (κ3) is 3.68. The molecule has 0 aliphatic rings. The first-order valence-corrected chi connectivity index (χ1v) is 7.35. The Balaban J connectivity index is 2.37. The molecule has 0 heterocycles. The van der Waals surface area contributed by atoms with E-state index in [4.69, 9.17) is 40.5 Å². The van der Waals surface area contributed by atoms with E-state index in [1.54, 1.807) is 18.2 Å². The van der Waals surface area contributed by atoms with Crippen molar-refractivity contribution in [2.45, 2.75) is 12.0 Å². The van der Waals surface area contributed by atoms with E-state index in [-0.39, 0.29) is 17.1 Å². The zero-order chi connectivity index (χ0) is 15.6. The average molecular weight is 349 g/mol. The van der Waals surface area contributed by atoms with Crippen LogP contribution in [-0.4, -0.2) is 11.7 Å². The van der Waals surface area contributed by atoms with E-state index < -0.39 is 17.8 Å². The molecule has 0 aliphatic heterocycles. The number of aliphatic hydroxyl groups excluding tert-OH is 1. The summed E-state index contributed by atoms with van der Waals surface area (Å²) in [4.78, 5) is 0. The minimum absolute atomic E-state index is 0.126. The van der Waals surface area contributed by atoms with E-state index in [1.165, 1.54) is 12.1 Å². The fourth-order valence-corrected chi connectivity index (χ4v) is 2.61. The molecule has 2 aromatic carbocycles. The van der Waals surface area contributed by atoms with Crippen molar-refractivity contribution in [2.24, 2.45) is 5.73 Å². The van der Waals surface area contributed by atoms with Crippen LogP contribution < -0.4 is 5.73 Å². The molecule has 0 spiro atoms. The summed E-state index contributed by atoms with van der Waals surface area (Å²) in [5, 5.41) is 11.5. The molecular formula is C15H13Cl3FNO. The average Bonchev–Trinajstić information content (AvgIpc) is 2.43. The molecule has 6 heteroatoms. The molecule has 0 aromatic heterocycles. The lowest BCUT2D eigenvalue weighted by molar-refractivity contribution is 0.143. The van der Waals surface area contributed by atoms with E-state index in [9.17, 15) is 9.50 Å². The fraction of sp³-hybridized carbons (Fsp3) is 0.200. The predicted octanol–water partition coefficient (Wildman–Crippen LogP) is 4.56. The van der Waals surface area contributed by atoms with Crippen LogP contribution in [0.3, 0.4) is 0 Å². The molecule has 21 heavy (non-hydrogen) atoms. The Hall–Kier alpha value is -0.840. The highest BCUT2D eigenvalue weighted by Crippen LogP contribution is 2.35. The van der Waals surface area contributed by atoms with Crippen LogP contribution in [0.1, 0.15) is 23.1 Å². The van der Waals surface area contributed by atoms with E-state index in [0.717, 1.165) is 6.07 Å². The molecule has 3 N–H and O–H groups in total. The van der Waals surface area contributed by atoms with Gasteiger partial charge in [0.15, 0.2) is 0 Å². The van der Waals surface area contributed by atoms with Crippen molar-refractivity contribution in [2.75, 3.05) is 6.54 Å². The molecule has 2 aromatic rings. The van der Waals surface area contributed by atoms with Gasteiger partial charge in [-0.1, -0.05) is 46.9 Å². The Kier molecular flexibility index (Phi) is 5.47. The quantitative estimate of drug-likeness (QED) is 0.850. The van der Waals surface area contributed by atoms with Crippen molar-refractivity contribution in [1.82, 2.24) is 0 Å². The van der Waals surface area contributed by atoms with Crippen LogP contribution in [0.25, 0.3) is 0 Å². The van der Waals surface area contributed by atoms with Crippen LogP contribution in [0.2, 0.25) is 15.1 Å². The van der Waals surface area contributed by atoms with Gasteiger partial charge >= 0.3 is 0 Å². The Morgan fingerprint density at radius 3 is 2.33 bits per heavy atom. The summed E-state index contributed by atoms with van der Waals surface area (Å²) in [6, 6.07) is 9.07. The maximum atomic E-state index is 13.9. The monoisotopic (exact) mass is 347 g/mol. The Bertz CT molecular complexity index is 651. The number of rotatable bonds is 4. The molecule has 2 unspecified atom stereocenters. The smallest absolute Gasteiger partial charge is 0.130 e. The van der Waals surface area contributed by atoms with Crippen molar-refractivity contribution >= 4 is 34.8 Å². The van der Waals surface area contributed by atoms with E-state index in [2.05, 4.69) is 0 Å². The molecule has 0 saturated carbocycles. The number of hydrogen-bond donors (Lipinski definition) is 2. The molecule has 0 fully saturated rings. The minimum atomic E-state index is -1.11. The largest absolute Gasteiger partial charge is 0.388 e. The summed E-state index contributed by atoms with van der Waals surface area (Å²) in [7, 11) is 0. The van der Waals surface area contributed by atoms with Crippen molar-refractivity contribution in [1.29, 1.82) is 0 Å². The minimum Gasteiger partial charge on any atom is -0.388 e. The number of aliphatic hydroxyl groups is 1. The SMILES string of the molecule is NCC(c1ccc(Cl)c(Cl)c1)C(O)c1ccc(Cl)cc1F. The van der Waals surface area contributed by atoms with Crippen LogP contribution in [0.15, 0.2) is 36.4 Å². The normalized spacial score (nSPS) is 14.0. The highest BCUT2D eigenvalue weighted by atomic mass is 35.5. The van der Waals surface area contributed by atoms with Crippen molar-refractivity contribution in [3.63, 3.8) is 0 Å². The van der Waals surface area contributed by atoms with Crippen molar-refractivity contribution < 1.29 is 9.50 Å². The number of halogens is 4. The van der Waals surface area contributed by atoms with Gasteiger partial charge in [-0.2, -0.15) is 0 Å². The van der Waals surface area contributed by atoms with Crippen LogP contribution in [0, 0.1) is 5.82 Å². The lowest BCUT2D eigenvalue weighted by Crippen LogP contribution is -2.21. The molecule has 2 atom stereocenters. The van der Waals surface area contributed by atoms with Crippen molar-refractivity contribution in [3.8, 4) is 0 Å². The second-order valence-electron chi connectivity index (χ2n) is 4.63. The van der Waals surface area contributed by atoms with Crippen LogP contribution in [0.5, 0.6) is 0 Å². The zero-order valence-electron chi connectivity index (χ0n) is 10.9. The molecule has 0 radical (unpaired) electrons. The Morgan fingerprint density at radius 1 is 1.05 bits per heavy atom. The van der Waals surface area contributed by atoms with Gasteiger partial charge in [0.05, 0.1) is 16.1 Å².